The average Bonchev–Trinajstić information content (AvgIpc) is 2.57. The van der Waals surface area contributed by atoms with Gasteiger partial charge < -0.3 is 20.7 Å². The van der Waals surface area contributed by atoms with Gasteiger partial charge in [-0.3, -0.25) is 4.79 Å². The molecular weight excluding hydrogens is 351 g/mol. The Morgan fingerprint density at radius 3 is 2.46 bits per heavy atom. The number of nitrogens with zero attached hydrogens (tertiary/aromatic N) is 2. The van der Waals surface area contributed by atoms with Crippen molar-refractivity contribution < 1.29 is 9.53 Å². The number of rotatable bonds is 6. The standard InChI is InChI=1S/C16H26N4O2.2ClH/c1-3-20(4-2)14-6-5-13(11-18-14)19-16(21)15(17)12-7-9-22-10-8-12;;/h5-6,11-12,15H,3-4,7-10,17H2,1-2H3,(H,19,21);2*1H. The second-order valence-corrected chi connectivity index (χ2v) is 5.54. The average molecular weight is 379 g/mol. The van der Waals surface area contributed by atoms with Crippen LogP contribution in [0.25, 0.3) is 0 Å². The molecule has 8 heteroatoms. The molecule has 1 amide bonds. The maximum atomic E-state index is 12.2. The van der Waals surface area contributed by atoms with E-state index < -0.39 is 6.04 Å². The fourth-order valence-corrected chi connectivity index (χ4v) is 2.71. The number of nitrogens with two attached hydrogens (primary N) is 1. The monoisotopic (exact) mass is 378 g/mol. The predicted octanol–water partition coefficient (Wildman–Crippen LogP) is 2.46. The first-order valence-electron chi connectivity index (χ1n) is 8.00. The van der Waals surface area contributed by atoms with Crippen molar-refractivity contribution in [3.63, 3.8) is 0 Å². The van der Waals surface area contributed by atoms with E-state index in [2.05, 4.69) is 29.0 Å². The predicted molar refractivity (Wildman–Crippen MR) is 102 cm³/mol. The molecule has 1 aliphatic heterocycles. The molecule has 1 aliphatic rings. The summed E-state index contributed by atoms with van der Waals surface area (Å²) in [5, 5.41) is 2.86. The second-order valence-electron chi connectivity index (χ2n) is 5.54. The summed E-state index contributed by atoms with van der Waals surface area (Å²) in [6.45, 7) is 7.37. The van der Waals surface area contributed by atoms with Crippen LogP contribution in [-0.2, 0) is 9.53 Å². The number of hydrogen-bond acceptors (Lipinski definition) is 5. The Morgan fingerprint density at radius 1 is 1.33 bits per heavy atom. The number of aromatic nitrogens is 1. The zero-order chi connectivity index (χ0) is 15.9. The molecule has 0 saturated carbocycles. The lowest BCUT2D eigenvalue weighted by Gasteiger charge is -2.26. The molecule has 0 bridgehead atoms. The van der Waals surface area contributed by atoms with Crippen molar-refractivity contribution in [2.75, 3.05) is 36.5 Å². The summed E-state index contributed by atoms with van der Waals surface area (Å²) in [5.41, 5.74) is 6.75. The lowest BCUT2D eigenvalue weighted by molar-refractivity contribution is -0.119. The van der Waals surface area contributed by atoms with Crippen LogP contribution in [0.3, 0.4) is 0 Å². The Balaban J connectivity index is 0.00000264. The van der Waals surface area contributed by atoms with Crippen LogP contribution < -0.4 is 16.0 Å². The number of anilines is 2. The molecule has 0 aromatic carbocycles. The highest BCUT2D eigenvalue weighted by Gasteiger charge is 2.26. The van der Waals surface area contributed by atoms with Crippen molar-refractivity contribution in [3.8, 4) is 0 Å². The number of hydrogen-bond donors (Lipinski definition) is 2. The largest absolute Gasteiger partial charge is 0.381 e. The highest BCUT2D eigenvalue weighted by molar-refractivity contribution is 5.94. The van der Waals surface area contributed by atoms with Crippen LogP contribution in [0.2, 0.25) is 0 Å². The Morgan fingerprint density at radius 2 is 1.96 bits per heavy atom. The number of ether oxygens (including phenoxy) is 1. The molecule has 6 nitrogen and oxygen atoms in total. The molecule has 1 aromatic heterocycles. The second kappa shape index (κ2) is 11.5. The highest BCUT2D eigenvalue weighted by atomic mass is 35.5. The number of amides is 1. The van der Waals surface area contributed by atoms with E-state index in [1.807, 2.05) is 12.1 Å². The van der Waals surface area contributed by atoms with E-state index in [-0.39, 0.29) is 36.6 Å². The molecule has 24 heavy (non-hydrogen) atoms. The lowest BCUT2D eigenvalue weighted by Crippen LogP contribution is -2.44. The summed E-state index contributed by atoms with van der Waals surface area (Å²) in [4.78, 5) is 18.8. The van der Waals surface area contributed by atoms with Crippen molar-refractivity contribution in [2.45, 2.75) is 32.7 Å². The lowest BCUT2D eigenvalue weighted by atomic mass is 9.92. The molecule has 2 rings (SSSR count). The van der Waals surface area contributed by atoms with E-state index in [1.165, 1.54) is 0 Å². The normalized spacial score (nSPS) is 15.6. The molecule has 1 fully saturated rings. The van der Waals surface area contributed by atoms with E-state index in [4.69, 9.17) is 10.5 Å². The number of carbonyl (C=O) groups is 1. The quantitative estimate of drug-likeness (QED) is 0.794. The Labute approximate surface area is 156 Å². The molecule has 1 saturated heterocycles. The Hall–Kier alpha value is -1.08. The zero-order valence-electron chi connectivity index (χ0n) is 14.2. The van der Waals surface area contributed by atoms with Crippen LogP contribution in [0.15, 0.2) is 18.3 Å². The molecule has 138 valence electrons. The minimum Gasteiger partial charge on any atom is -0.381 e. The van der Waals surface area contributed by atoms with Crippen LogP contribution in [0, 0.1) is 5.92 Å². The van der Waals surface area contributed by atoms with E-state index in [0.29, 0.717) is 18.9 Å². The smallest absolute Gasteiger partial charge is 0.241 e. The number of pyridine rings is 1. The van der Waals surface area contributed by atoms with E-state index in [9.17, 15) is 4.79 Å². The summed E-state index contributed by atoms with van der Waals surface area (Å²) in [7, 11) is 0. The van der Waals surface area contributed by atoms with Gasteiger partial charge in [0.05, 0.1) is 17.9 Å². The molecule has 0 spiro atoms. The molecule has 3 N–H and O–H groups in total. The van der Waals surface area contributed by atoms with Gasteiger partial charge in [-0.2, -0.15) is 0 Å². The van der Waals surface area contributed by atoms with Crippen LogP contribution in [0.1, 0.15) is 26.7 Å². The first-order valence-corrected chi connectivity index (χ1v) is 8.00. The number of halogens is 2. The van der Waals surface area contributed by atoms with Gasteiger partial charge in [-0.15, -0.1) is 24.8 Å². The molecule has 1 atom stereocenters. The van der Waals surface area contributed by atoms with Crippen LogP contribution in [-0.4, -0.2) is 43.2 Å². The van der Waals surface area contributed by atoms with Gasteiger partial charge in [0.25, 0.3) is 0 Å². The minimum absolute atomic E-state index is 0. The highest BCUT2D eigenvalue weighted by Crippen LogP contribution is 2.19. The van der Waals surface area contributed by atoms with Gasteiger partial charge in [0.15, 0.2) is 0 Å². The van der Waals surface area contributed by atoms with Crippen molar-refractivity contribution >= 4 is 42.2 Å². The van der Waals surface area contributed by atoms with Crippen molar-refractivity contribution in [3.05, 3.63) is 18.3 Å². The third kappa shape index (κ3) is 6.09. The first-order chi connectivity index (χ1) is 10.7. The molecule has 2 heterocycles. The van der Waals surface area contributed by atoms with Gasteiger partial charge in [-0.1, -0.05) is 0 Å². The van der Waals surface area contributed by atoms with Gasteiger partial charge >= 0.3 is 0 Å². The van der Waals surface area contributed by atoms with Crippen LogP contribution >= 0.6 is 24.8 Å². The molecule has 0 radical (unpaired) electrons. The van der Waals surface area contributed by atoms with Crippen LogP contribution in [0.4, 0.5) is 11.5 Å². The third-order valence-corrected chi connectivity index (χ3v) is 4.18. The summed E-state index contributed by atoms with van der Waals surface area (Å²) in [5.74, 6) is 0.956. The summed E-state index contributed by atoms with van der Waals surface area (Å²) in [6, 6.07) is 3.30. The van der Waals surface area contributed by atoms with Crippen LogP contribution in [0.5, 0.6) is 0 Å². The zero-order valence-corrected chi connectivity index (χ0v) is 15.9. The van der Waals surface area contributed by atoms with Crippen molar-refractivity contribution in [1.29, 1.82) is 0 Å². The van der Waals surface area contributed by atoms with Gasteiger partial charge in [-0.05, 0) is 44.7 Å². The van der Waals surface area contributed by atoms with Gasteiger partial charge in [0, 0.05) is 26.3 Å². The summed E-state index contributed by atoms with van der Waals surface area (Å²) >= 11 is 0. The van der Waals surface area contributed by atoms with Gasteiger partial charge in [-0.25, -0.2) is 4.98 Å². The maximum Gasteiger partial charge on any atom is 0.241 e. The topological polar surface area (TPSA) is 80.5 Å². The first kappa shape index (κ1) is 22.9. The SMILES string of the molecule is CCN(CC)c1ccc(NC(=O)C(N)C2CCOCC2)cn1.Cl.Cl. The van der Waals surface area contributed by atoms with Gasteiger partial charge in [0.2, 0.25) is 5.91 Å². The summed E-state index contributed by atoms with van der Waals surface area (Å²) < 4.78 is 5.30. The Kier molecular flexibility index (Phi) is 11.0. The molecule has 0 aliphatic carbocycles. The fourth-order valence-electron chi connectivity index (χ4n) is 2.71. The summed E-state index contributed by atoms with van der Waals surface area (Å²) in [6.07, 6.45) is 3.36. The minimum atomic E-state index is -0.494. The van der Waals surface area contributed by atoms with E-state index in [0.717, 1.165) is 31.7 Å². The number of carbonyl (C=O) groups excluding carboxylic acids is 1. The molecule has 1 aromatic rings. The molecular formula is C16H28Cl2N4O2. The van der Waals surface area contributed by atoms with E-state index >= 15 is 0 Å². The van der Waals surface area contributed by atoms with Gasteiger partial charge in [0.1, 0.15) is 5.82 Å². The van der Waals surface area contributed by atoms with Crippen molar-refractivity contribution in [2.24, 2.45) is 11.7 Å². The third-order valence-electron chi connectivity index (χ3n) is 4.18. The Bertz CT molecular complexity index is 477. The van der Waals surface area contributed by atoms with E-state index in [1.54, 1.807) is 6.20 Å². The maximum absolute atomic E-state index is 12.2. The fraction of sp³-hybridized carbons (Fsp3) is 0.625. The molecule has 1 unspecified atom stereocenters. The number of nitrogens with one attached hydrogen (secondary N) is 1. The van der Waals surface area contributed by atoms with Crippen molar-refractivity contribution in [1.82, 2.24) is 4.98 Å².